The zero-order valence-corrected chi connectivity index (χ0v) is 16.7. The number of pyridine rings is 1. The standard InChI is InChI=1S/C24H22N2O3/c1-15-12-18-19(13-17-10-7-11-20(25-17)24(27)29-3)23(16-8-5-4-6-9-16)26-21(18)14-22(15)28-2/h4-12,14,26H,13H2,1-3H3. The SMILES string of the molecule is COC(=O)c1cccc(Cc2c(-c3ccccc3)[nH]c3cc(OC)c(C)cc23)n1. The fourth-order valence-corrected chi connectivity index (χ4v) is 3.62. The zero-order valence-electron chi connectivity index (χ0n) is 16.7. The number of aryl methyl sites for hydroxylation is 1. The molecular formula is C24H22N2O3. The number of nitrogens with one attached hydrogen (secondary N) is 1. The number of fused-ring (bicyclic) bond motifs is 1. The Morgan fingerprint density at radius 3 is 2.55 bits per heavy atom. The topological polar surface area (TPSA) is 64.2 Å². The summed E-state index contributed by atoms with van der Waals surface area (Å²) in [5.74, 6) is 0.408. The van der Waals surface area contributed by atoms with Gasteiger partial charge in [0.1, 0.15) is 11.4 Å². The van der Waals surface area contributed by atoms with Crippen LogP contribution in [0, 0.1) is 6.92 Å². The van der Waals surface area contributed by atoms with E-state index in [1.165, 1.54) is 7.11 Å². The number of aromatic nitrogens is 2. The van der Waals surface area contributed by atoms with Crippen LogP contribution in [0.1, 0.15) is 27.3 Å². The minimum absolute atomic E-state index is 0.309. The highest BCUT2D eigenvalue weighted by Gasteiger charge is 2.17. The van der Waals surface area contributed by atoms with E-state index in [9.17, 15) is 4.79 Å². The first kappa shape index (κ1) is 18.7. The van der Waals surface area contributed by atoms with Crippen molar-refractivity contribution in [1.29, 1.82) is 0 Å². The lowest BCUT2D eigenvalue weighted by molar-refractivity contribution is 0.0593. The lowest BCUT2D eigenvalue weighted by atomic mass is 9.99. The molecule has 0 saturated carbocycles. The molecule has 0 atom stereocenters. The van der Waals surface area contributed by atoms with Crippen molar-refractivity contribution in [3.8, 4) is 17.0 Å². The Bertz CT molecular complexity index is 1180. The molecule has 0 spiro atoms. The minimum Gasteiger partial charge on any atom is -0.496 e. The number of hydrogen-bond acceptors (Lipinski definition) is 4. The summed E-state index contributed by atoms with van der Waals surface area (Å²) in [5.41, 5.74) is 6.45. The number of nitrogens with zero attached hydrogens (tertiary/aromatic N) is 1. The highest BCUT2D eigenvalue weighted by atomic mass is 16.5. The zero-order chi connectivity index (χ0) is 20.4. The van der Waals surface area contributed by atoms with Crippen molar-refractivity contribution in [2.75, 3.05) is 14.2 Å². The summed E-state index contributed by atoms with van der Waals surface area (Å²) in [6.07, 6.45) is 0.584. The summed E-state index contributed by atoms with van der Waals surface area (Å²) >= 11 is 0. The second-order valence-electron chi connectivity index (χ2n) is 6.89. The quantitative estimate of drug-likeness (QED) is 0.494. The van der Waals surface area contributed by atoms with Crippen LogP contribution in [0.4, 0.5) is 0 Å². The van der Waals surface area contributed by atoms with Crippen LogP contribution in [0.3, 0.4) is 0 Å². The number of ether oxygens (including phenoxy) is 2. The van der Waals surface area contributed by atoms with Crippen LogP contribution < -0.4 is 4.74 Å². The predicted octanol–water partition coefficient (Wildman–Crippen LogP) is 4.92. The third-order valence-corrected chi connectivity index (χ3v) is 5.04. The van der Waals surface area contributed by atoms with Gasteiger partial charge in [-0.05, 0) is 41.8 Å². The van der Waals surface area contributed by atoms with Gasteiger partial charge in [-0.1, -0.05) is 36.4 Å². The summed E-state index contributed by atoms with van der Waals surface area (Å²) in [6.45, 7) is 2.04. The van der Waals surface area contributed by atoms with Crippen LogP contribution in [-0.4, -0.2) is 30.2 Å². The molecule has 0 amide bonds. The smallest absolute Gasteiger partial charge is 0.356 e. The number of hydrogen-bond donors (Lipinski definition) is 1. The van der Waals surface area contributed by atoms with Gasteiger partial charge in [-0.3, -0.25) is 0 Å². The minimum atomic E-state index is -0.436. The maximum absolute atomic E-state index is 11.9. The number of esters is 1. The van der Waals surface area contributed by atoms with Gasteiger partial charge in [0.15, 0.2) is 0 Å². The van der Waals surface area contributed by atoms with Crippen LogP contribution >= 0.6 is 0 Å². The predicted molar refractivity (Wildman–Crippen MR) is 113 cm³/mol. The molecule has 0 aliphatic rings. The van der Waals surface area contributed by atoms with E-state index in [1.807, 2.05) is 43.3 Å². The molecule has 4 rings (SSSR count). The van der Waals surface area contributed by atoms with Crippen LogP contribution in [0.2, 0.25) is 0 Å². The van der Waals surface area contributed by atoms with Crippen molar-refractivity contribution in [1.82, 2.24) is 9.97 Å². The number of benzene rings is 2. The Kier molecular flexibility index (Phi) is 5.04. The lowest BCUT2D eigenvalue weighted by Gasteiger charge is -2.08. The average Bonchev–Trinajstić information content (AvgIpc) is 3.10. The van der Waals surface area contributed by atoms with Gasteiger partial charge in [-0.25, -0.2) is 9.78 Å². The molecule has 0 radical (unpaired) electrons. The molecule has 0 bridgehead atoms. The fraction of sp³-hybridized carbons (Fsp3) is 0.167. The van der Waals surface area contributed by atoms with E-state index in [2.05, 4.69) is 28.2 Å². The van der Waals surface area contributed by atoms with Gasteiger partial charge in [0.25, 0.3) is 0 Å². The second-order valence-corrected chi connectivity index (χ2v) is 6.89. The summed E-state index contributed by atoms with van der Waals surface area (Å²) < 4.78 is 10.3. The Morgan fingerprint density at radius 2 is 1.83 bits per heavy atom. The Labute approximate surface area is 169 Å². The molecule has 2 aromatic carbocycles. The molecular weight excluding hydrogens is 364 g/mol. The lowest BCUT2D eigenvalue weighted by Crippen LogP contribution is -2.06. The Hall–Kier alpha value is -3.60. The monoisotopic (exact) mass is 386 g/mol. The van der Waals surface area contributed by atoms with E-state index >= 15 is 0 Å². The Balaban J connectivity index is 1.88. The van der Waals surface area contributed by atoms with E-state index in [4.69, 9.17) is 9.47 Å². The van der Waals surface area contributed by atoms with E-state index in [1.54, 1.807) is 13.2 Å². The summed E-state index contributed by atoms with van der Waals surface area (Å²) in [4.78, 5) is 19.9. The molecule has 5 heteroatoms. The molecule has 29 heavy (non-hydrogen) atoms. The van der Waals surface area contributed by atoms with Gasteiger partial charge in [0.05, 0.1) is 19.9 Å². The number of rotatable bonds is 5. The summed E-state index contributed by atoms with van der Waals surface area (Å²) in [6, 6.07) is 19.8. The third kappa shape index (κ3) is 3.59. The van der Waals surface area contributed by atoms with Crippen LogP contribution in [-0.2, 0) is 11.2 Å². The van der Waals surface area contributed by atoms with E-state index in [0.29, 0.717) is 12.1 Å². The first-order valence-electron chi connectivity index (χ1n) is 9.39. The van der Waals surface area contributed by atoms with Gasteiger partial charge in [-0.2, -0.15) is 0 Å². The molecule has 0 aliphatic carbocycles. The molecule has 146 valence electrons. The molecule has 1 N–H and O–H groups in total. The maximum Gasteiger partial charge on any atom is 0.356 e. The number of aromatic amines is 1. The summed E-state index contributed by atoms with van der Waals surface area (Å²) in [5, 5.41) is 1.12. The number of carbonyl (C=O) groups excluding carboxylic acids is 1. The fourth-order valence-electron chi connectivity index (χ4n) is 3.62. The van der Waals surface area contributed by atoms with Crippen molar-refractivity contribution in [2.24, 2.45) is 0 Å². The van der Waals surface area contributed by atoms with E-state index in [0.717, 1.165) is 44.7 Å². The molecule has 4 aromatic rings. The van der Waals surface area contributed by atoms with Crippen molar-refractivity contribution in [3.05, 3.63) is 83.2 Å². The van der Waals surface area contributed by atoms with Crippen LogP contribution in [0.15, 0.2) is 60.7 Å². The first-order chi connectivity index (χ1) is 14.1. The highest BCUT2D eigenvalue weighted by Crippen LogP contribution is 2.35. The van der Waals surface area contributed by atoms with Crippen molar-refractivity contribution >= 4 is 16.9 Å². The van der Waals surface area contributed by atoms with Gasteiger partial charge in [0.2, 0.25) is 0 Å². The first-order valence-corrected chi connectivity index (χ1v) is 9.39. The number of methoxy groups -OCH3 is 2. The van der Waals surface area contributed by atoms with Crippen molar-refractivity contribution < 1.29 is 14.3 Å². The summed E-state index contributed by atoms with van der Waals surface area (Å²) in [7, 11) is 3.04. The average molecular weight is 386 g/mol. The molecule has 2 heterocycles. The van der Waals surface area contributed by atoms with E-state index in [-0.39, 0.29) is 0 Å². The van der Waals surface area contributed by atoms with Gasteiger partial charge in [0, 0.05) is 29.1 Å². The molecule has 2 aromatic heterocycles. The maximum atomic E-state index is 11.9. The normalized spacial score (nSPS) is 10.9. The highest BCUT2D eigenvalue weighted by molar-refractivity contribution is 5.93. The number of H-pyrrole nitrogens is 1. The largest absolute Gasteiger partial charge is 0.496 e. The second kappa shape index (κ2) is 7.80. The van der Waals surface area contributed by atoms with Crippen LogP contribution in [0.25, 0.3) is 22.2 Å². The molecule has 0 unspecified atom stereocenters. The third-order valence-electron chi connectivity index (χ3n) is 5.04. The number of carbonyl (C=O) groups is 1. The molecule has 5 nitrogen and oxygen atoms in total. The molecule has 0 aliphatic heterocycles. The molecule has 0 fully saturated rings. The van der Waals surface area contributed by atoms with E-state index < -0.39 is 5.97 Å². The van der Waals surface area contributed by atoms with Crippen molar-refractivity contribution in [3.63, 3.8) is 0 Å². The van der Waals surface area contributed by atoms with Gasteiger partial charge >= 0.3 is 5.97 Å². The Morgan fingerprint density at radius 1 is 1.03 bits per heavy atom. The van der Waals surface area contributed by atoms with Crippen LogP contribution in [0.5, 0.6) is 5.75 Å². The van der Waals surface area contributed by atoms with Crippen molar-refractivity contribution in [2.45, 2.75) is 13.3 Å². The molecule has 0 saturated heterocycles. The van der Waals surface area contributed by atoms with Gasteiger partial charge < -0.3 is 14.5 Å². The van der Waals surface area contributed by atoms with Gasteiger partial charge in [-0.15, -0.1) is 0 Å².